The van der Waals surface area contributed by atoms with E-state index in [1.54, 1.807) is 4.68 Å². The van der Waals surface area contributed by atoms with Gasteiger partial charge in [-0.05, 0) is 25.2 Å². The predicted molar refractivity (Wildman–Crippen MR) is 62.0 cm³/mol. The Morgan fingerprint density at radius 1 is 1.20 bits per heavy atom. The standard InChI is InChI=1S/C12H22N2O/c1-8(2)6-11-10(5)12(15)14(13-11)7-9(3)4/h8-9,15H,6-7H2,1-5H3. The van der Waals surface area contributed by atoms with E-state index in [0.717, 1.165) is 24.2 Å². The summed E-state index contributed by atoms with van der Waals surface area (Å²) in [6.45, 7) is 11.3. The van der Waals surface area contributed by atoms with Crippen LogP contribution in [-0.4, -0.2) is 14.9 Å². The minimum Gasteiger partial charge on any atom is -0.493 e. The van der Waals surface area contributed by atoms with E-state index in [9.17, 15) is 5.11 Å². The zero-order valence-corrected chi connectivity index (χ0v) is 10.4. The lowest BCUT2D eigenvalue weighted by Gasteiger charge is -2.05. The monoisotopic (exact) mass is 210 g/mol. The van der Waals surface area contributed by atoms with Gasteiger partial charge >= 0.3 is 0 Å². The Hall–Kier alpha value is -0.990. The van der Waals surface area contributed by atoms with Gasteiger partial charge in [0.2, 0.25) is 5.88 Å². The Kier molecular flexibility index (Phi) is 3.77. The van der Waals surface area contributed by atoms with E-state index in [-0.39, 0.29) is 0 Å². The molecule has 0 saturated carbocycles. The van der Waals surface area contributed by atoms with Crippen molar-refractivity contribution < 1.29 is 5.11 Å². The SMILES string of the molecule is Cc1c(CC(C)C)nn(CC(C)C)c1O. The zero-order valence-electron chi connectivity index (χ0n) is 10.4. The molecule has 0 spiro atoms. The van der Waals surface area contributed by atoms with Crippen LogP contribution in [0.15, 0.2) is 0 Å². The molecular weight excluding hydrogens is 188 g/mol. The summed E-state index contributed by atoms with van der Waals surface area (Å²) in [5.74, 6) is 1.41. The predicted octanol–water partition coefficient (Wildman–Crippen LogP) is 2.75. The molecule has 1 heterocycles. The van der Waals surface area contributed by atoms with Crippen LogP contribution < -0.4 is 0 Å². The molecular formula is C12H22N2O. The maximum atomic E-state index is 9.88. The van der Waals surface area contributed by atoms with Gasteiger partial charge in [0, 0.05) is 12.1 Å². The highest BCUT2D eigenvalue weighted by Gasteiger charge is 2.14. The van der Waals surface area contributed by atoms with Crippen molar-refractivity contribution in [3.63, 3.8) is 0 Å². The molecule has 15 heavy (non-hydrogen) atoms. The summed E-state index contributed by atoms with van der Waals surface area (Å²) < 4.78 is 1.72. The van der Waals surface area contributed by atoms with Crippen molar-refractivity contribution in [2.24, 2.45) is 11.8 Å². The zero-order chi connectivity index (χ0) is 11.6. The number of aromatic nitrogens is 2. The fraction of sp³-hybridized carbons (Fsp3) is 0.750. The van der Waals surface area contributed by atoms with Crippen LogP contribution in [0.25, 0.3) is 0 Å². The molecule has 0 amide bonds. The second kappa shape index (κ2) is 4.69. The van der Waals surface area contributed by atoms with Gasteiger partial charge in [-0.2, -0.15) is 5.10 Å². The Balaban J connectivity index is 2.91. The van der Waals surface area contributed by atoms with E-state index in [1.165, 1.54) is 0 Å². The van der Waals surface area contributed by atoms with Crippen molar-refractivity contribution in [1.29, 1.82) is 0 Å². The molecule has 0 fully saturated rings. The maximum absolute atomic E-state index is 9.88. The molecule has 0 aliphatic heterocycles. The topological polar surface area (TPSA) is 38.0 Å². The molecule has 86 valence electrons. The molecule has 1 rings (SSSR count). The first-order valence-corrected chi connectivity index (χ1v) is 5.67. The van der Waals surface area contributed by atoms with E-state index in [1.807, 2.05) is 6.92 Å². The van der Waals surface area contributed by atoms with Crippen LogP contribution >= 0.6 is 0 Å². The first-order valence-electron chi connectivity index (χ1n) is 5.67. The van der Waals surface area contributed by atoms with E-state index in [0.29, 0.717) is 17.7 Å². The summed E-state index contributed by atoms with van der Waals surface area (Å²) in [4.78, 5) is 0. The normalized spacial score (nSPS) is 11.7. The fourth-order valence-corrected chi connectivity index (χ4v) is 1.64. The van der Waals surface area contributed by atoms with Gasteiger partial charge in [-0.15, -0.1) is 0 Å². The quantitative estimate of drug-likeness (QED) is 0.829. The Labute approximate surface area is 92.1 Å². The lowest BCUT2D eigenvalue weighted by atomic mass is 10.1. The van der Waals surface area contributed by atoms with Gasteiger partial charge in [0.15, 0.2) is 0 Å². The molecule has 0 radical (unpaired) electrons. The van der Waals surface area contributed by atoms with Crippen LogP contribution in [0.3, 0.4) is 0 Å². The van der Waals surface area contributed by atoms with Gasteiger partial charge in [0.05, 0.1) is 5.69 Å². The molecule has 0 aliphatic rings. The van der Waals surface area contributed by atoms with Crippen LogP contribution in [0.5, 0.6) is 5.88 Å². The molecule has 0 unspecified atom stereocenters. The van der Waals surface area contributed by atoms with E-state index >= 15 is 0 Å². The lowest BCUT2D eigenvalue weighted by molar-refractivity contribution is 0.369. The van der Waals surface area contributed by atoms with Crippen molar-refractivity contribution in [2.45, 2.75) is 47.6 Å². The van der Waals surface area contributed by atoms with Gasteiger partial charge in [-0.1, -0.05) is 27.7 Å². The third-order valence-electron chi connectivity index (χ3n) is 2.39. The van der Waals surface area contributed by atoms with Gasteiger partial charge < -0.3 is 5.11 Å². The molecule has 1 N–H and O–H groups in total. The lowest BCUT2D eigenvalue weighted by Crippen LogP contribution is -2.06. The van der Waals surface area contributed by atoms with Crippen molar-refractivity contribution in [1.82, 2.24) is 9.78 Å². The summed E-state index contributed by atoms with van der Waals surface area (Å²) in [5, 5.41) is 14.3. The summed E-state index contributed by atoms with van der Waals surface area (Å²) in [7, 11) is 0. The van der Waals surface area contributed by atoms with Crippen molar-refractivity contribution in [2.75, 3.05) is 0 Å². The minimum atomic E-state index is 0.333. The summed E-state index contributed by atoms with van der Waals surface area (Å²) in [5.41, 5.74) is 1.97. The molecule has 0 aliphatic carbocycles. The van der Waals surface area contributed by atoms with Crippen LogP contribution in [0.1, 0.15) is 39.0 Å². The minimum absolute atomic E-state index is 0.333. The van der Waals surface area contributed by atoms with Gasteiger partial charge in [0.25, 0.3) is 0 Å². The van der Waals surface area contributed by atoms with Crippen LogP contribution in [-0.2, 0) is 13.0 Å². The van der Waals surface area contributed by atoms with Gasteiger partial charge in [0.1, 0.15) is 0 Å². The molecule has 0 bridgehead atoms. The smallest absolute Gasteiger partial charge is 0.212 e. The average Bonchev–Trinajstić information content (AvgIpc) is 2.32. The van der Waals surface area contributed by atoms with Crippen molar-refractivity contribution in [3.8, 4) is 5.88 Å². The van der Waals surface area contributed by atoms with Gasteiger partial charge in [-0.25, -0.2) is 4.68 Å². The summed E-state index contributed by atoms with van der Waals surface area (Å²) in [6, 6.07) is 0. The van der Waals surface area contributed by atoms with E-state index in [2.05, 4.69) is 32.8 Å². The van der Waals surface area contributed by atoms with Crippen LogP contribution in [0, 0.1) is 18.8 Å². The Morgan fingerprint density at radius 3 is 2.27 bits per heavy atom. The third-order valence-corrected chi connectivity index (χ3v) is 2.39. The molecule has 0 aromatic carbocycles. The second-order valence-corrected chi connectivity index (χ2v) is 5.07. The average molecular weight is 210 g/mol. The maximum Gasteiger partial charge on any atom is 0.212 e. The molecule has 0 atom stereocenters. The molecule has 3 heteroatoms. The molecule has 1 aromatic heterocycles. The van der Waals surface area contributed by atoms with Crippen molar-refractivity contribution >= 4 is 0 Å². The first kappa shape index (κ1) is 12.1. The second-order valence-electron chi connectivity index (χ2n) is 5.07. The highest BCUT2D eigenvalue weighted by molar-refractivity contribution is 5.29. The number of rotatable bonds is 4. The Morgan fingerprint density at radius 2 is 1.80 bits per heavy atom. The van der Waals surface area contributed by atoms with Crippen LogP contribution in [0.4, 0.5) is 0 Å². The van der Waals surface area contributed by atoms with E-state index in [4.69, 9.17) is 0 Å². The Bertz CT molecular complexity index is 296. The number of hydrogen-bond acceptors (Lipinski definition) is 2. The summed E-state index contributed by atoms with van der Waals surface area (Å²) >= 11 is 0. The third kappa shape index (κ3) is 2.98. The number of nitrogens with zero attached hydrogens (tertiary/aromatic N) is 2. The number of aromatic hydroxyl groups is 1. The first-order chi connectivity index (χ1) is 6.91. The molecule has 0 saturated heterocycles. The molecule has 3 nitrogen and oxygen atoms in total. The van der Waals surface area contributed by atoms with Crippen LogP contribution in [0.2, 0.25) is 0 Å². The highest BCUT2D eigenvalue weighted by Crippen LogP contribution is 2.22. The fourth-order valence-electron chi connectivity index (χ4n) is 1.64. The van der Waals surface area contributed by atoms with Gasteiger partial charge in [-0.3, -0.25) is 0 Å². The highest BCUT2D eigenvalue weighted by atomic mass is 16.3. The largest absolute Gasteiger partial charge is 0.493 e. The summed E-state index contributed by atoms with van der Waals surface area (Å²) in [6.07, 6.45) is 0.935. The van der Waals surface area contributed by atoms with E-state index < -0.39 is 0 Å². The number of hydrogen-bond donors (Lipinski definition) is 1. The van der Waals surface area contributed by atoms with Crippen molar-refractivity contribution in [3.05, 3.63) is 11.3 Å². The molecule has 1 aromatic rings.